The van der Waals surface area contributed by atoms with Crippen LogP contribution < -0.4 is 0 Å². The summed E-state index contributed by atoms with van der Waals surface area (Å²) in [5.41, 5.74) is 0. The number of likely N-dealkylation sites (N-methyl/N-ethyl adjacent to an activating group) is 1. The molecule has 284 valence electrons. The number of carbonyl (C=O) groups excluding carboxylic acids is 1. The van der Waals surface area contributed by atoms with E-state index in [0.29, 0.717) is 19.6 Å². The average Bonchev–Trinajstić information content (AvgIpc) is 3.50. The fraction of sp³-hybridized carbons (Fsp3) is 0.795. The van der Waals surface area contributed by atoms with Crippen molar-refractivity contribution in [3.8, 4) is 0 Å². The smallest absolute Gasteiger partial charge is 0.236 e. The Labute approximate surface area is 305 Å². The molecule has 5 heteroatoms. The lowest BCUT2D eigenvalue weighted by Gasteiger charge is -2.19. The van der Waals surface area contributed by atoms with E-state index in [9.17, 15) is 4.79 Å². The van der Waals surface area contributed by atoms with Gasteiger partial charge in [-0.3, -0.25) is 4.79 Å². The summed E-state index contributed by atoms with van der Waals surface area (Å²) in [7, 11) is 3.90. The molecule has 0 spiro atoms. The molecule has 1 heterocycles. The normalized spacial score (nSPS) is 17.0. The second kappa shape index (κ2) is 34.7. The number of rotatable bonds is 34. The molecule has 0 bridgehead atoms. The molecule has 1 fully saturated rings. The number of carbonyl (C=O) groups is 1. The van der Waals surface area contributed by atoms with Gasteiger partial charge in [-0.1, -0.05) is 140 Å². The number of amides is 1. The molecule has 5 nitrogen and oxygen atoms in total. The van der Waals surface area contributed by atoms with Gasteiger partial charge in [-0.25, -0.2) is 0 Å². The maximum atomic E-state index is 12.8. The van der Waals surface area contributed by atoms with Gasteiger partial charge >= 0.3 is 0 Å². The fourth-order valence-electron chi connectivity index (χ4n) is 6.29. The summed E-state index contributed by atoms with van der Waals surface area (Å²) in [4.78, 5) is 16.7. The number of allylic oxidation sites excluding steroid dienone is 8. The lowest BCUT2D eigenvalue weighted by molar-refractivity contribution is -0.131. The van der Waals surface area contributed by atoms with Crippen LogP contribution in [0.15, 0.2) is 48.6 Å². The molecule has 1 saturated heterocycles. The maximum Gasteiger partial charge on any atom is 0.236 e. The van der Waals surface area contributed by atoms with Crippen LogP contribution in [0, 0.1) is 0 Å². The molecule has 1 aliphatic heterocycles. The van der Waals surface area contributed by atoms with Crippen molar-refractivity contribution in [1.29, 1.82) is 0 Å². The fourth-order valence-corrected chi connectivity index (χ4v) is 6.29. The lowest BCUT2D eigenvalue weighted by Crippen LogP contribution is -2.37. The SMILES string of the molecule is CCCCCC=CCC=CCCCCCCCCO[C@@H]1CN(C(=O)CN(C)C)C[C@H]1OCCCCCCCCC=CCC=CCCCCC. The zero-order valence-electron chi connectivity index (χ0n) is 32.9. The topological polar surface area (TPSA) is 42.0 Å². The summed E-state index contributed by atoms with van der Waals surface area (Å²) in [6, 6.07) is 0. The number of hydrogen-bond donors (Lipinski definition) is 0. The summed E-state index contributed by atoms with van der Waals surface area (Å²) in [5.74, 6) is 0.173. The molecule has 0 aromatic heterocycles. The maximum absolute atomic E-state index is 12.8. The van der Waals surface area contributed by atoms with E-state index in [1.807, 2.05) is 23.9 Å². The van der Waals surface area contributed by atoms with E-state index in [0.717, 1.165) is 38.9 Å². The molecule has 1 rings (SSSR count). The molecule has 49 heavy (non-hydrogen) atoms. The van der Waals surface area contributed by atoms with Gasteiger partial charge in [-0.2, -0.15) is 0 Å². The molecule has 0 saturated carbocycles. The second-order valence-corrected chi connectivity index (χ2v) is 14.5. The minimum absolute atomic E-state index is 0.00584. The summed E-state index contributed by atoms with van der Waals surface area (Å²) < 4.78 is 12.7. The van der Waals surface area contributed by atoms with Gasteiger partial charge in [0.25, 0.3) is 0 Å². The molecule has 0 radical (unpaired) electrons. The van der Waals surface area contributed by atoms with E-state index < -0.39 is 0 Å². The van der Waals surface area contributed by atoms with Gasteiger partial charge in [0.1, 0.15) is 12.2 Å². The second-order valence-electron chi connectivity index (χ2n) is 14.5. The van der Waals surface area contributed by atoms with Crippen molar-refractivity contribution in [2.45, 2.75) is 180 Å². The molecule has 0 aromatic rings. The minimum atomic E-state index is -0.00584. The minimum Gasteiger partial charge on any atom is -0.374 e. The number of ether oxygens (including phenoxy) is 2. The molecule has 1 amide bonds. The van der Waals surface area contributed by atoms with Crippen LogP contribution in [-0.4, -0.2) is 74.9 Å². The van der Waals surface area contributed by atoms with E-state index in [1.165, 1.54) is 128 Å². The Hall–Kier alpha value is -1.69. The van der Waals surface area contributed by atoms with Crippen molar-refractivity contribution in [3.05, 3.63) is 48.6 Å². The quantitative estimate of drug-likeness (QED) is 0.0500. The van der Waals surface area contributed by atoms with Gasteiger partial charge in [0.15, 0.2) is 0 Å². The third kappa shape index (κ3) is 28.7. The average molecular weight is 685 g/mol. The van der Waals surface area contributed by atoms with Crippen molar-refractivity contribution in [1.82, 2.24) is 9.80 Å². The molecular weight excluding hydrogens is 604 g/mol. The molecule has 2 atom stereocenters. The van der Waals surface area contributed by atoms with Crippen LogP contribution in [0.25, 0.3) is 0 Å². The first-order valence-corrected chi connectivity index (χ1v) is 20.8. The number of hydrogen-bond acceptors (Lipinski definition) is 4. The Kier molecular flexibility index (Phi) is 32.1. The van der Waals surface area contributed by atoms with Crippen LogP contribution in [0.3, 0.4) is 0 Å². The highest BCUT2D eigenvalue weighted by Gasteiger charge is 2.36. The number of unbranched alkanes of at least 4 members (excludes halogenated alkanes) is 18. The van der Waals surface area contributed by atoms with Crippen molar-refractivity contribution in [2.24, 2.45) is 0 Å². The van der Waals surface area contributed by atoms with Gasteiger partial charge in [-0.05, 0) is 91.1 Å². The van der Waals surface area contributed by atoms with E-state index in [-0.39, 0.29) is 18.1 Å². The summed E-state index contributed by atoms with van der Waals surface area (Å²) in [6.45, 7) is 7.80. The predicted octanol–water partition coefficient (Wildman–Crippen LogP) is 11.8. The van der Waals surface area contributed by atoms with Crippen LogP contribution in [-0.2, 0) is 14.3 Å². The van der Waals surface area contributed by atoms with E-state index in [1.54, 1.807) is 0 Å². The highest BCUT2D eigenvalue weighted by molar-refractivity contribution is 5.78. The first-order valence-electron chi connectivity index (χ1n) is 20.8. The number of likely N-dealkylation sites (tertiary alicyclic amines) is 1. The zero-order valence-corrected chi connectivity index (χ0v) is 32.9. The van der Waals surface area contributed by atoms with Crippen molar-refractivity contribution in [3.63, 3.8) is 0 Å². The third-order valence-electron chi connectivity index (χ3n) is 9.37. The summed E-state index contributed by atoms with van der Waals surface area (Å²) in [5, 5.41) is 0. The largest absolute Gasteiger partial charge is 0.374 e. The lowest BCUT2D eigenvalue weighted by atomic mass is 10.1. The van der Waals surface area contributed by atoms with Gasteiger partial charge in [0.05, 0.1) is 6.54 Å². The van der Waals surface area contributed by atoms with Crippen molar-refractivity contribution < 1.29 is 14.3 Å². The van der Waals surface area contributed by atoms with E-state index in [4.69, 9.17) is 9.47 Å². The number of nitrogens with zero attached hydrogens (tertiary/aromatic N) is 2. The Morgan fingerprint density at radius 1 is 0.531 bits per heavy atom. The Bertz CT molecular complexity index is 791. The van der Waals surface area contributed by atoms with Crippen molar-refractivity contribution in [2.75, 3.05) is 46.9 Å². The molecule has 1 aliphatic rings. The van der Waals surface area contributed by atoms with E-state index >= 15 is 0 Å². The third-order valence-corrected chi connectivity index (χ3v) is 9.37. The first kappa shape index (κ1) is 45.3. The van der Waals surface area contributed by atoms with Crippen LogP contribution in [0.5, 0.6) is 0 Å². The highest BCUT2D eigenvalue weighted by atomic mass is 16.5. The van der Waals surface area contributed by atoms with Gasteiger partial charge in [0, 0.05) is 26.3 Å². The van der Waals surface area contributed by atoms with Crippen LogP contribution in [0.4, 0.5) is 0 Å². The first-order chi connectivity index (χ1) is 24.1. The monoisotopic (exact) mass is 685 g/mol. The predicted molar refractivity (Wildman–Crippen MR) is 213 cm³/mol. The van der Waals surface area contributed by atoms with Crippen LogP contribution >= 0.6 is 0 Å². The standard InChI is InChI=1S/C44H80N2O3/c1-5-7-9-11-13-15-17-19-21-23-25-27-29-31-33-35-37-48-42-39-46(44(47)41-45(3)4)40-43(42)49-38-36-34-32-30-28-26-24-22-20-18-16-14-12-10-8-6-2/h13-16,19-22,42-43H,5-12,17-18,23-41H2,1-4H3/t42-,43-/m1/s1. The summed E-state index contributed by atoms with van der Waals surface area (Å²) in [6.07, 6.45) is 48.6. The highest BCUT2D eigenvalue weighted by Crippen LogP contribution is 2.19. The van der Waals surface area contributed by atoms with Gasteiger partial charge in [-0.15, -0.1) is 0 Å². The van der Waals surface area contributed by atoms with E-state index in [2.05, 4.69) is 62.5 Å². The van der Waals surface area contributed by atoms with Crippen molar-refractivity contribution >= 4 is 5.91 Å². The Morgan fingerprint density at radius 3 is 1.24 bits per heavy atom. The Morgan fingerprint density at radius 2 is 0.878 bits per heavy atom. The van der Waals surface area contributed by atoms with Crippen LogP contribution in [0.2, 0.25) is 0 Å². The molecule has 0 aliphatic carbocycles. The summed E-state index contributed by atoms with van der Waals surface area (Å²) >= 11 is 0. The molecular formula is C44H80N2O3. The zero-order chi connectivity index (χ0) is 35.5. The van der Waals surface area contributed by atoms with Crippen LogP contribution in [0.1, 0.15) is 168 Å². The molecule has 0 aromatic carbocycles. The Balaban J connectivity index is 2.13. The van der Waals surface area contributed by atoms with Gasteiger partial charge < -0.3 is 19.3 Å². The molecule has 0 unspecified atom stereocenters. The molecule has 0 N–H and O–H groups in total. The van der Waals surface area contributed by atoms with Gasteiger partial charge in [0.2, 0.25) is 5.91 Å².